The van der Waals surface area contributed by atoms with Gasteiger partial charge in [0.2, 0.25) is 15.7 Å². The van der Waals surface area contributed by atoms with Crippen molar-refractivity contribution in [3.63, 3.8) is 0 Å². The highest BCUT2D eigenvalue weighted by Gasteiger charge is 2.34. The zero-order valence-corrected chi connectivity index (χ0v) is 20.4. The lowest BCUT2D eigenvalue weighted by atomic mass is 10.0. The lowest BCUT2D eigenvalue weighted by molar-refractivity contribution is -0.141. The summed E-state index contributed by atoms with van der Waals surface area (Å²) >= 11 is 0. The Morgan fingerprint density at radius 1 is 1.20 bits per heavy atom. The average Bonchev–Trinajstić information content (AvgIpc) is 3.38. The molecule has 2 N–H and O–H groups in total. The van der Waals surface area contributed by atoms with Crippen LogP contribution in [0.1, 0.15) is 47.2 Å². The second-order valence-electron chi connectivity index (χ2n) is 9.45. The Morgan fingerprint density at radius 2 is 1.91 bits per heavy atom. The normalized spacial score (nSPS) is 18.1. The largest absolute Gasteiger partial charge is 0.460 e. The van der Waals surface area contributed by atoms with Crippen molar-refractivity contribution in [2.45, 2.75) is 45.1 Å². The van der Waals surface area contributed by atoms with E-state index in [0.717, 1.165) is 24.7 Å². The Bertz CT molecular complexity index is 1420. The lowest BCUT2D eigenvalue weighted by Gasteiger charge is -2.26. The molecule has 2 aliphatic rings. The molecular formula is C25H27N3O6S. The molecule has 3 aromatic rings. The first-order chi connectivity index (χ1) is 16.6. The summed E-state index contributed by atoms with van der Waals surface area (Å²) in [7, 11) is -3.76. The minimum absolute atomic E-state index is 0.0328. The number of cyclic esters (lactones) is 1. The van der Waals surface area contributed by atoms with Crippen molar-refractivity contribution in [3.05, 3.63) is 47.0 Å². The van der Waals surface area contributed by atoms with Crippen molar-refractivity contribution >= 4 is 38.8 Å². The molecule has 1 aliphatic carbocycles. The first-order valence-electron chi connectivity index (χ1n) is 11.6. The Hall–Kier alpha value is -3.40. The van der Waals surface area contributed by atoms with E-state index in [2.05, 4.69) is 4.98 Å². The maximum atomic E-state index is 12.9. The van der Waals surface area contributed by atoms with Gasteiger partial charge in [-0.2, -0.15) is 4.98 Å². The average molecular weight is 498 g/mol. The zero-order valence-electron chi connectivity index (χ0n) is 19.6. The minimum Gasteiger partial charge on any atom is -0.460 e. The maximum absolute atomic E-state index is 12.9. The van der Waals surface area contributed by atoms with E-state index >= 15 is 0 Å². The molecule has 0 radical (unpaired) electrons. The molecule has 2 aromatic heterocycles. The summed E-state index contributed by atoms with van der Waals surface area (Å²) in [5, 5.41) is 0.452. The molecule has 1 saturated carbocycles. The molecule has 10 heteroatoms. The van der Waals surface area contributed by atoms with Gasteiger partial charge in [-0.05, 0) is 50.2 Å². The number of amides is 1. The number of nitrogens with two attached hydrogens (primary N) is 1. The van der Waals surface area contributed by atoms with Crippen LogP contribution < -0.4 is 10.0 Å². The van der Waals surface area contributed by atoms with E-state index in [1.54, 1.807) is 6.07 Å². The zero-order chi connectivity index (χ0) is 24.9. The SMILES string of the molecule is Cc1ccc(-c2oc3nc(N(CC4CCC(=O)O4)S(C)(=O)=O)c(CC4CC4)cc3c2C(N)=O)cc1. The predicted octanol–water partition coefficient (Wildman–Crippen LogP) is 3.33. The highest BCUT2D eigenvalue weighted by atomic mass is 32.2. The molecule has 5 rings (SSSR count). The van der Waals surface area contributed by atoms with E-state index in [9.17, 15) is 18.0 Å². The van der Waals surface area contributed by atoms with Gasteiger partial charge in [-0.25, -0.2) is 12.7 Å². The molecule has 2 fully saturated rings. The number of hydrogen-bond donors (Lipinski definition) is 1. The number of hydrogen-bond acceptors (Lipinski definition) is 7. The molecule has 3 heterocycles. The van der Waals surface area contributed by atoms with Crippen LogP contribution in [0.4, 0.5) is 5.82 Å². The van der Waals surface area contributed by atoms with Crippen LogP contribution in [-0.4, -0.2) is 44.2 Å². The molecule has 1 amide bonds. The van der Waals surface area contributed by atoms with E-state index in [4.69, 9.17) is 14.9 Å². The molecule has 0 bridgehead atoms. The molecule has 9 nitrogen and oxygen atoms in total. The third-order valence-electron chi connectivity index (χ3n) is 6.48. The molecule has 35 heavy (non-hydrogen) atoms. The first kappa shape index (κ1) is 23.3. The second-order valence-corrected chi connectivity index (χ2v) is 11.4. The van der Waals surface area contributed by atoms with Crippen LogP contribution in [-0.2, 0) is 26.0 Å². The Kier molecular flexibility index (Phi) is 5.79. The van der Waals surface area contributed by atoms with Gasteiger partial charge in [0, 0.05) is 12.0 Å². The van der Waals surface area contributed by atoms with E-state index in [0.29, 0.717) is 41.0 Å². The van der Waals surface area contributed by atoms with Gasteiger partial charge >= 0.3 is 5.97 Å². The third kappa shape index (κ3) is 4.75. The molecule has 1 aromatic carbocycles. The molecule has 1 saturated heterocycles. The minimum atomic E-state index is -3.76. The molecule has 1 unspecified atom stereocenters. The van der Waals surface area contributed by atoms with Crippen molar-refractivity contribution in [2.75, 3.05) is 17.1 Å². The van der Waals surface area contributed by atoms with E-state index < -0.39 is 22.0 Å². The van der Waals surface area contributed by atoms with Gasteiger partial charge in [0.15, 0.2) is 0 Å². The van der Waals surface area contributed by atoms with Crippen LogP contribution in [0.15, 0.2) is 34.7 Å². The quantitative estimate of drug-likeness (QED) is 0.472. The number of carbonyl (C=O) groups excluding carboxylic acids is 2. The molecule has 184 valence electrons. The number of carbonyl (C=O) groups is 2. The smallest absolute Gasteiger partial charge is 0.306 e. The van der Waals surface area contributed by atoms with Gasteiger partial charge < -0.3 is 14.9 Å². The summed E-state index contributed by atoms with van der Waals surface area (Å²) in [6.45, 7) is 1.92. The summed E-state index contributed by atoms with van der Waals surface area (Å²) in [6.07, 6.45) is 3.94. The fourth-order valence-electron chi connectivity index (χ4n) is 4.48. The van der Waals surface area contributed by atoms with Crippen molar-refractivity contribution < 1.29 is 27.2 Å². The lowest BCUT2D eigenvalue weighted by Crippen LogP contribution is -2.38. The Labute approximate surface area is 203 Å². The molecular weight excluding hydrogens is 470 g/mol. The number of rotatable bonds is 8. The number of aromatic nitrogens is 1. The number of aryl methyl sites for hydroxylation is 1. The highest BCUT2D eigenvalue weighted by Crippen LogP contribution is 2.40. The highest BCUT2D eigenvalue weighted by molar-refractivity contribution is 7.92. The first-order valence-corrected chi connectivity index (χ1v) is 13.5. The number of esters is 1. The summed E-state index contributed by atoms with van der Waals surface area (Å²) < 4.78 is 38.2. The Morgan fingerprint density at radius 3 is 2.49 bits per heavy atom. The molecule has 0 spiro atoms. The fourth-order valence-corrected chi connectivity index (χ4v) is 5.39. The van der Waals surface area contributed by atoms with Crippen molar-refractivity contribution in [1.29, 1.82) is 0 Å². The molecule has 1 atom stereocenters. The number of ether oxygens (including phenoxy) is 1. The van der Waals surface area contributed by atoms with Gasteiger partial charge in [0.1, 0.15) is 17.7 Å². The predicted molar refractivity (Wildman–Crippen MR) is 130 cm³/mol. The van der Waals surface area contributed by atoms with Crippen molar-refractivity contribution in [1.82, 2.24) is 4.98 Å². The number of fused-ring (bicyclic) bond motifs is 1. The van der Waals surface area contributed by atoms with Crippen LogP contribution in [0.2, 0.25) is 0 Å². The number of pyridine rings is 1. The maximum Gasteiger partial charge on any atom is 0.306 e. The molecule has 1 aliphatic heterocycles. The van der Waals surface area contributed by atoms with Crippen LogP contribution in [0.5, 0.6) is 0 Å². The number of benzene rings is 1. The van der Waals surface area contributed by atoms with Crippen molar-refractivity contribution in [3.8, 4) is 11.3 Å². The number of anilines is 1. The fraction of sp³-hybridized carbons (Fsp3) is 0.400. The van der Waals surface area contributed by atoms with Gasteiger partial charge in [0.25, 0.3) is 5.91 Å². The number of nitrogens with zero attached hydrogens (tertiary/aromatic N) is 2. The van der Waals surface area contributed by atoms with Crippen LogP contribution in [0, 0.1) is 12.8 Å². The third-order valence-corrected chi connectivity index (χ3v) is 7.60. The topological polar surface area (TPSA) is 133 Å². The van der Waals surface area contributed by atoms with Gasteiger partial charge in [0.05, 0.1) is 23.8 Å². The van der Waals surface area contributed by atoms with Crippen LogP contribution in [0.25, 0.3) is 22.4 Å². The van der Waals surface area contributed by atoms with Gasteiger partial charge in [-0.15, -0.1) is 0 Å². The summed E-state index contributed by atoms with van der Waals surface area (Å²) in [5.41, 5.74) is 8.52. The Balaban J connectivity index is 1.68. The van der Waals surface area contributed by atoms with E-state index in [1.807, 2.05) is 31.2 Å². The summed E-state index contributed by atoms with van der Waals surface area (Å²) in [5.74, 6) is -0.0477. The van der Waals surface area contributed by atoms with Crippen LogP contribution >= 0.6 is 0 Å². The van der Waals surface area contributed by atoms with Gasteiger partial charge in [-0.1, -0.05) is 29.8 Å². The van der Waals surface area contributed by atoms with Crippen LogP contribution in [0.3, 0.4) is 0 Å². The van der Waals surface area contributed by atoms with Gasteiger partial charge in [-0.3, -0.25) is 9.59 Å². The number of primary amides is 1. The standard InChI is InChI=1S/C25H27N3O6S/c1-14-3-7-16(8-4-14)22-21(23(26)30)19-12-17(11-15-5-6-15)24(27-25(19)34-22)28(35(2,31)32)13-18-9-10-20(29)33-18/h3-4,7-8,12,15,18H,5-6,9-11,13H2,1-2H3,(H2,26,30). The number of furan rings is 1. The van der Waals surface area contributed by atoms with E-state index in [1.165, 1.54) is 4.31 Å². The summed E-state index contributed by atoms with van der Waals surface area (Å²) in [4.78, 5) is 28.7. The summed E-state index contributed by atoms with van der Waals surface area (Å²) in [6, 6.07) is 9.25. The monoisotopic (exact) mass is 497 g/mol. The van der Waals surface area contributed by atoms with Crippen molar-refractivity contribution in [2.24, 2.45) is 11.7 Å². The second kappa shape index (κ2) is 8.67. The van der Waals surface area contributed by atoms with E-state index in [-0.39, 0.29) is 36.0 Å². The number of sulfonamides is 1.